The minimum Gasteiger partial charge on any atom is -0.496 e. The van der Waals surface area contributed by atoms with E-state index in [1.54, 1.807) is 33.5 Å². The minimum atomic E-state index is -0.143. The Morgan fingerprint density at radius 1 is 0.857 bits per heavy atom. The highest BCUT2D eigenvalue weighted by Gasteiger charge is 2.18. The van der Waals surface area contributed by atoms with E-state index in [4.69, 9.17) is 14.2 Å². The molecule has 0 bridgehead atoms. The molecule has 1 aromatic heterocycles. The van der Waals surface area contributed by atoms with Crippen molar-refractivity contribution in [2.24, 2.45) is 0 Å². The third kappa shape index (κ3) is 5.58. The normalized spacial score (nSPS) is 10.6. The van der Waals surface area contributed by atoms with Gasteiger partial charge in [-0.25, -0.2) is 0 Å². The molecule has 0 aliphatic rings. The summed E-state index contributed by atoms with van der Waals surface area (Å²) in [7, 11) is 4.70. The Morgan fingerprint density at radius 3 is 2.14 bits per heavy atom. The second kappa shape index (κ2) is 11.4. The lowest BCUT2D eigenvalue weighted by molar-refractivity contribution is -0.118. The molecule has 3 aromatic carbocycles. The van der Waals surface area contributed by atoms with Crippen molar-refractivity contribution >= 4 is 17.7 Å². The van der Waals surface area contributed by atoms with Crippen molar-refractivity contribution in [2.45, 2.75) is 11.7 Å². The van der Waals surface area contributed by atoms with E-state index in [1.165, 1.54) is 11.8 Å². The Morgan fingerprint density at radius 2 is 1.49 bits per heavy atom. The van der Waals surface area contributed by atoms with Crippen LogP contribution in [-0.4, -0.2) is 47.8 Å². The Kier molecular flexibility index (Phi) is 7.89. The van der Waals surface area contributed by atoms with E-state index in [0.29, 0.717) is 22.4 Å². The van der Waals surface area contributed by atoms with Gasteiger partial charge in [-0.1, -0.05) is 60.3 Å². The van der Waals surface area contributed by atoms with Crippen molar-refractivity contribution in [2.75, 3.05) is 27.1 Å². The van der Waals surface area contributed by atoms with Gasteiger partial charge in [0.05, 0.1) is 27.1 Å². The van der Waals surface area contributed by atoms with Crippen LogP contribution in [0.1, 0.15) is 5.56 Å². The molecule has 9 heteroatoms. The van der Waals surface area contributed by atoms with E-state index < -0.39 is 0 Å². The highest BCUT2D eigenvalue weighted by atomic mass is 32.2. The summed E-state index contributed by atoms with van der Waals surface area (Å²) in [6, 6.07) is 23.2. The molecule has 8 nitrogen and oxygen atoms in total. The van der Waals surface area contributed by atoms with Crippen molar-refractivity contribution in [3.05, 3.63) is 78.4 Å². The molecule has 4 aromatic rings. The van der Waals surface area contributed by atoms with Crippen molar-refractivity contribution in [3.8, 4) is 34.3 Å². The van der Waals surface area contributed by atoms with Gasteiger partial charge in [0.15, 0.2) is 22.5 Å². The lowest BCUT2D eigenvalue weighted by Crippen LogP contribution is -2.25. The van der Waals surface area contributed by atoms with E-state index in [2.05, 4.69) is 15.5 Å². The fraction of sp³-hybridized carbons (Fsp3) is 0.192. The van der Waals surface area contributed by atoms with Crippen LogP contribution < -0.4 is 19.5 Å². The van der Waals surface area contributed by atoms with Crippen LogP contribution in [0.2, 0.25) is 0 Å². The third-order valence-electron chi connectivity index (χ3n) is 5.27. The Balaban J connectivity index is 1.49. The number of thioether (sulfide) groups is 1. The molecular weight excluding hydrogens is 464 g/mol. The second-order valence-electron chi connectivity index (χ2n) is 7.43. The number of aromatic nitrogens is 3. The van der Waals surface area contributed by atoms with Crippen molar-refractivity contribution in [1.82, 2.24) is 20.1 Å². The lowest BCUT2D eigenvalue weighted by Gasteiger charge is -2.14. The first-order valence-electron chi connectivity index (χ1n) is 10.9. The first-order chi connectivity index (χ1) is 17.1. The number of para-hydroxylation sites is 1. The number of hydrogen-bond donors (Lipinski definition) is 1. The quantitative estimate of drug-likeness (QED) is 0.330. The van der Waals surface area contributed by atoms with Gasteiger partial charge in [-0.3, -0.25) is 9.36 Å². The smallest absolute Gasteiger partial charge is 0.230 e. The molecule has 0 aliphatic heterocycles. The molecule has 1 heterocycles. The number of hydrogen-bond acceptors (Lipinski definition) is 7. The molecule has 4 rings (SSSR count). The number of benzene rings is 3. The lowest BCUT2D eigenvalue weighted by atomic mass is 10.1. The molecule has 1 amide bonds. The molecule has 1 N–H and O–H groups in total. The number of nitrogens with one attached hydrogen (secondary N) is 1. The summed E-state index contributed by atoms with van der Waals surface area (Å²) >= 11 is 1.33. The van der Waals surface area contributed by atoms with Gasteiger partial charge in [-0.15, -0.1) is 10.2 Å². The molecule has 0 saturated heterocycles. The van der Waals surface area contributed by atoms with Crippen molar-refractivity contribution in [3.63, 3.8) is 0 Å². The zero-order chi connectivity index (χ0) is 24.6. The largest absolute Gasteiger partial charge is 0.496 e. The maximum atomic E-state index is 12.7. The topological polar surface area (TPSA) is 87.5 Å². The average Bonchev–Trinajstić information content (AvgIpc) is 3.35. The highest BCUT2D eigenvalue weighted by molar-refractivity contribution is 7.99. The van der Waals surface area contributed by atoms with Crippen LogP contribution in [0.15, 0.2) is 78.0 Å². The van der Waals surface area contributed by atoms with Crippen LogP contribution in [0.25, 0.3) is 17.1 Å². The van der Waals surface area contributed by atoms with Gasteiger partial charge >= 0.3 is 0 Å². The molecule has 0 unspecified atom stereocenters. The number of amides is 1. The number of carbonyl (C=O) groups excluding carboxylic acids is 1. The fourth-order valence-electron chi connectivity index (χ4n) is 3.55. The summed E-state index contributed by atoms with van der Waals surface area (Å²) in [4.78, 5) is 12.7. The molecule has 0 radical (unpaired) electrons. The molecule has 0 fully saturated rings. The zero-order valence-corrected chi connectivity index (χ0v) is 20.5. The molecule has 180 valence electrons. The Hall–Kier alpha value is -3.98. The van der Waals surface area contributed by atoms with Gasteiger partial charge in [-0.05, 0) is 18.2 Å². The summed E-state index contributed by atoms with van der Waals surface area (Å²) in [6.45, 7) is 0.281. The number of nitrogens with zero attached hydrogens (tertiary/aromatic N) is 3. The predicted molar refractivity (Wildman–Crippen MR) is 135 cm³/mol. The van der Waals surface area contributed by atoms with Crippen LogP contribution in [0.4, 0.5) is 0 Å². The van der Waals surface area contributed by atoms with Gasteiger partial charge in [-0.2, -0.15) is 0 Å². The van der Waals surface area contributed by atoms with Crippen LogP contribution in [-0.2, 0) is 11.3 Å². The Bertz CT molecular complexity index is 1280. The summed E-state index contributed by atoms with van der Waals surface area (Å²) in [5, 5.41) is 12.4. The van der Waals surface area contributed by atoms with E-state index in [1.807, 2.05) is 65.2 Å². The average molecular weight is 491 g/mol. The van der Waals surface area contributed by atoms with Crippen molar-refractivity contribution < 1.29 is 19.0 Å². The predicted octanol–water partition coefficient (Wildman–Crippen LogP) is 4.37. The molecule has 0 aliphatic carbocycles. The van der Waals surface area contributed by atoms with Gasteiger partial charge < -0.3 is 19.5 Å². The SMILES string of the molecule is COc1cc(OC)c(OC)cc1CNC(=O)CSc1nnc(-c2ccccc2)n1-c1ccccc1. The monoisotopic (exact) mass is 490 g/mol. The molecule has 35 heavy (non-hydrogen) atoms. The molecule has 0 atom stereocenters. The van der Waals surface area contributed by atoms with Crippen molar-refractivity contribution in [1.29, 1.82) is 0 Å². The van der Waals surface area contributed by atoms with E-state index in [0.717, 1.165) is 22.6 Å². The maximum Gasteiger partial charge on any atom is 0.230 e. The number of methoxy groups -OCH3 is 3. The van der Waals surface area contributed by atoms with Crippen LogP contribution in [0.3, 0.4) is 0 Å². The fourth-order valence-corrected chi connectivity index (χ4v) is 4.33. The third-order valence-corrected chi connectivity index (χ3v) is 6.20. The van der Waals surface area contributed by atoms with Crippen LogP contribution >= 0.6 is 11.8 Å². The molecular formula is C26H26N4O4S. The summed E-state index contributed by atoms with van der Waals surface area (Å²) < 4.78 is 18.1. The first kappa shape index (κ1) is 24.2. The standard InChI is InChI=1S/C26H26N4O4S/c1-32-21-15-23(34-3)22(33-2)14-19(21)16-27-24(31)17-35-26-29-28-25(18-10-6-4-7-11-18)30(26)20-12-8-5-9-13-20/h4-15H,16-17H2,1-3H3,(H,27,31). The maximum absolute atomic E-state index is 12.7. The van der Waals surface area contributed by atoms with E-state index in [-0.39, 0.29) is 18.2 Å². The summed E-state index contributed by atoms with van der Waals surface area (Å²) in [5.41, 5.74) is 2.65. The zero-order valence-electron chi connectivity index (χ0n) is 19.7. The Labute approximate surface area is 208 Å². The summed E-state index contributed by atoms with van der Waals surface area (Å²) in [6.07, 6.45) is 0. The van der Waals surface area contributed by atoms with E-state index >= 15 is 0 Å². The number of carbonyl (C=O) groups is 1. The number of rotatable bonds is 10. The van der Waals surface area contributed by atoms with Gasteiger partial charge in [0.1, 0.15) is 5.75 Å². The molecule has 0 spiro atoms. The minimum absolute atomic E-state index is 0.143. The van der Waals surface area contributed by atoms with Gasteiger partial charge in [0, 0.05) is 29.4 Å². The summed E-state index contributed by atoms with van der Waals surface area (Å²) in [5.74, 6) is 2.48. The van der Waals surface area contributed by atoms with Gasteiger partial charge in [0.2, 0.25) is 5.91 Å². The number of ether oxygens (including phenoxy) is 3. The van der Waals surface area contributed by atoms with Gasteiger partial charge in [0.25, 0.3) is 0 Å². The van der Waals surface area contributed by atoms with Crippen LogP contribution in [0, 0.1) is 0 Å². The van der Waals surface area contributed by atoms with E-state index in [9.17, 15) is 4.79 Å². The molecule has 0 saturated carbocycles. The first-order valence-corrected chi connectivity index (χ1v) is 11.9. The second-order valence-corrected chi connectivity index (χ2v) is 8.37. The highest BCUT2D eigenvalue weighted by Crippen LogP contribution is 2.34. The van der Waals surface area contributed by atoms with Crippen LogP contribution in [0.5, 0.6) is 17.2 Å².